The average molecular weight is 390 g/mol. The third-order valence-corrected chi connectivity index (χ3v) is 2.63. The zero-order chi connectivity index (χ0) is 21.1. The number of rotatable bonds is 8. The van der Waals surface area contributed by atoms with Gasteiger partial charge in [0.05, 0.1) is 25.1 Å². The van der Waals surface area contributed by atoms with E-state index in [4.69, 9.17) is 20.4 Å². The van der Waals surface area contributed by atoms with Gasteiger partial charge >= 0.3 is 18.0 Å². The van der Waals surface area contributed by atoms with Gasteiger partial charge in [0.25, 0.3) is 0 Å². The number of aliphatic hydroxyl groups is 1. The first kappa shape index (κ1) is 23.7. The van der Waals surface area contributed by atoms with E-state index in [1.165, 1.54) is 13.8 Å². The van der Waals surface area contributed by atoms with E-state index in [1.54, 1.807) is 0 Å². The summed E-state index contributed by atoms with van der Waals surface area (Å²) < 4.78 is 5.08. The fourth-order valence-corrected chi connectivity index (χ4v) is 1.50. The molecule has 1 aromatic rings. The molecule has 3 amide bonds. The zero-order valence-electron chi connectivity index (χ0n) is 14.6. The molecule has 0 saturated heterocycles. The highest BCUT2D eigenvalue weighted by atomic mass is 16.4. The van der Waals surface area contributed by atoms with Crippen molar-refractivity contribution in [2.45, 2.75) is 45.0 Å². The maximum Gasteiger partial charge on any atom is 0.328 e. The van der Waals surface area contributed by atoms with Crippen LogP contribution < -0.4 is 22.1 Å². The Morgan fingerprint density at radius 1 is 1.22 bits per heavy atom. The van der Waals surface area contributed by atoms with Gasteiger partial charge in [-0.2, -0.15) is 0 Å². The van der Waals surface area contributed by atoms with Crippen LogP contribution in [0.1, 0.15) is 38.1 Å². The number of hydrogen-bond acceptors (Lipinski definition) is 9. The molecule has 0 radical (unpaired) electrons. The topological polar surface area (TPSA) is 244 Å². The lowest BCUT2D eigenvalue weighted by atomic mass is 10.2. The summed E-state index contributed by atoms with van der Waals surface area (Å²) in [4.78, 5) is 42.1. The van der Waals surface area contributed by atoms with Gasteiger partial charge in [0.15, 0.2) is 6.04 Å². The number of carboxylic acid groups (broad SMARTS) is 2. The lowest BCUT2D eigenvalue weighted by Crippen LogP contribution is -2.51. The molecule has 152 valence electrons. The molecule has 14 nitrogen and oxygen atoms in total. The van der Waals surface area contributed by atoms with Crippen molar-refractivity contribution in [3.05, 3.63) is 11.8 Å². The zero-order valence-corrected chi connectivity index (χ0v) is 14.6. The Kier molecular flexibility index (Phi) is 10.0. The molecule has 0 fully saturated rings. The van der Waals surface area contributed by atoms with Crippen molar-refractivity contribution in [1.29, 1.82) is 0 Å². The van der Waals surface area contributed by atoms with Crippen molar-refractivity contribution in [3.63, 3.8) is 0 Å². The predicted molar refractivity (Wildman–Crippen MR) is 86.8 cm³/mol. The number of carboxylic acids is 2. The normalized spacial score (nSPS) is 13.3. The molecule has 27 heavy (non-hydrogen) atoms. The van der Waals surface area contributed by atoms with Gasteiger partial charge in [-0.1, -0.05) is 0 Å². The summed E-state index contributed by atoms with van der Waals surface area (Å²) >= 11 is 0. The second-order valence-corrected chi connectivity index (χ2v) is 5.23. The number of hydrogen-bond donors (Lipinski definition) is 7. The molecule has 1 heterocycles. The Balaban J connectivity index is 0.00000153. The summed E-state index contributed by atoms with van der Waals surface area (Å²) in [6, 6.07) is -3.32. The van der Waals surface area contributed by atoms with Crippen molar-refractivity contribution in [3.8, 4) is 0 Å². The molecule has 1 aromatic heterocycles. The Labute approximate surface area is 152 Å². The minimum absolute atomic E-state index is 0.0417. The summed E-state index contributed by atoms with van der Waals surface area (Å²) in [6.45, 7) is 2.29. The van der Waals surface area contributed by atoms with Crippen LogP contribution in [0, 0.1) is 0 Å². The minimum atomic E-state index is -1.47. The molecule has 0 aliphatic rings. The van der Waals surface area contributed by atoms with Gasteiger partial charge in [-0.15, -0.1) is 10.2 Å². The van der Waals surface area contributed by atoms with Gasteiger partial charge in [-0.05, 0) is 6.92 Å². The highest BCUT2D eigenvalue weighted by Crippen LogP contribution is 2.12. The molecule has 0 spiro atoms. The molecule has 0 bridgehead atoms. The monoisotopic (exact) mass is 390 g/mol. The van der Waals surface area contributed by atoms with Crippen LogP contribution in [0.3, 0.4) is 0 Å². The van der Waals surface area contributed by atoms with Crippen LogP contribution in [-0.2, 0) is 20.9 Å². The van der Waals surface area contributed by atoms with Gasteiger partial charge in [0.1, 0.15) is 0 Å². The first-order valence-corrected chi connectivity index (χ1v) is 7.44. The number of aliphatic carboxylic acids is 2. The van der Waals surface area contributed by atoms with Gasteiger partial charge in [-0.3, -0.25) is 9.59 Å². The van der Waals surface area contributed by atoms with E-state index >= 15 is 0 Å². The van der Waals surface area contributed by atoms with Crippen molar-refractivity contribution < 1.29 is 38.9 Å². The summed E-state index contributed by atoms with van der Waals surface area (Å²) in [5, 5.41) is 38.1. The molecular formula is C13H22N6O8. The van der Waals surface area contributed by atoms with Crippen LogP contribution >= 0.6 is 0 Å². The quantitative estimate of drug-likeness (QED) is 0.248. The standard InChI is InChI=1S/C11H17N5O7.C2H5NO/c1-4(17)8(10(20)21)14-11(22)13-3-6-15-16-9(23-6)5(12)2-7(18)19;1-2(3)4/h4-5,8,17H,2-3,12H2,1H3,(H,18,19)(H,20,21)(H2,13,14,22);1H3,(H2,3,4). The van der Waals surface area contributed by atoms with Crippen LogP contribution in [-0.4, -0.2) is 61.5 Å². The number of aliphatic hydroxyl groups excluding tert-OH is 1. The smallest absolute Gasteiger partial charge is 0.328 e. The van der Waals surface area contributed by atoms with E-state index < -0.39 is 42.6 Å². The van der Waals surface area contributed by atoms with E-state index in [1.807, 2.05) is 5.32 Å². The Morgan fingerprint density at radius 2 is 1.78 bits per heavy atom. The molecule has 0 aliphatic carbocycles. The minimum Gasteiger partial charge on any atom is -0.481 e. The lowest BCUT2D eigenvalue weighted by Gasteiger charge is -2.16. The fourth-order valence-electron chi connectivity index (χ4n) is 1.50. The maximum atomic E-state index is 11.5. The summed E-state index contributed by atoms with van der Waals surface area (Å²) in [5.41, 5.74) is 10.0. The van der Waals surface area contributed by atoms with E-state index in [-0.39, 0.29) is 24.2 Å². The highest BCUT2D eigenvalue weighted by molar-refractivity contribution is 5.82. The number of nitrogens with two attached hydrogens (primary N) is 2. The fraction of sp³-hybridized carbons (Fsp3) is 0.538. The second kappa shape index (κ2) is 11.4. The van der Waals surface area contributed by atoms with Crippen LogP contribution in [0.25, 0.3) is 0 Å². The molecule has 0 aliphatic heterocycles. The SMILES string of the molecule is CC(N)=O.CC(O)C(NC(=O)NCc1nnc(C(N)CC(=O)O)o1)C(=O)O. The number of primary amides is 1. The first-order valence-electron chi connectivity index (χ1n) is 7.44. The van der Waals surface area contributed by atoms with E-state index in [0.717, 1.165) is 0 Å². The highest BCUT2D eigenvalue weighted by Gasteiger charge is 2.25. The number of carbonyl (C=O) groups is 4. The van der Waals surface area contributed by atoms with Crippen molar-refractivity contribution >= 4 is 23.9 Å². The number of nitrogens with one attached hydrogen (secondary N) is 2. The van der Waals surface area contributed by atoms with E-state index in [2.05, 4.69) is 21.2 Å². The van der Waals surface area contributed by atoms with E-state index in [9.17, 15) is 24.3 Å². The number of amides is 3. The molecule has 1 rings (SSSR count). The first-order chi connectivity index (χ1) is 12.4. The third kappa shape index (κ3) is 10.4. The van der Waals surface area contributed by atoms with E-state index in [0.29, 0.717) is 0 Å². The van der Waals surface area contributed by atoms with Crippen molar-refractivity contribution in [2.24, 2.45) is 11.5 Å². The largest absolute Gasteiger partial charge is 0.481 e. The summed E-state index contributed by atoms with van der Waals surface area (Å²) in [7, 11) is 0. The van der Waals surface area contributed by atoms with Crippen LogP contribution in [0.2, 0.25) is 0 Å². The number of carbonyl (C=O) groups excluding carboxylic acids is 2. The predicted octanol–water partition coefficient (Wildman–Crippen LogP) is -2.33. The average Bonchev–Trinajstić information content (AvgIpc) is 2.97. The van der Waals surface area contributed by atoms with Crippen molar-refractivity contribution in [1.82, 2.24) is 20.8 Å². The molecule has 0 aromatic carbocycles. The Hall–Kier alpha value is -3.26. The Morgan fingerprint density at radius 3 is 2.22 bits per heavy atom. The molecule has 3 atom stereocenters. The van der Waals surface area contributed by atoms with Gasteiger partial charge < -0.3 is 41.8 Å². The number of aromatic nitrogens is 2. The number of urea groups is 1. The second-order valence-electron chi connectivity index (χ2n) is 5.23. The lowest BCUT2D eigenvalue weighted by molar-refractivity contribution is -0.142. The number of nitrogens with zero attached hydrogens (tertiary/aromatic N) is 2. The molecule has 0 saturated carbocycles. The summed E-state index contributed by atoms with van der Waals surface area (Å²) in [5.74, 6) is -3.00. The van der Waals surface area contributed by atoms with Crippen LogP contribution in [0.4, 0.5) is 4.79 Å². The molecular weight excluding hydrogens is 368 g/mol. The van der Waals surface area contributed by atoms with Gasteiger partial charge in [-0.25, -0.2) is 9.59 Å². The van der Waals surface area contributed by atoms with Gasteiger partial charge in [0, 0.05) is 6.92 Å². The third-order valence-electron chi connectivity index (χ3n) is 2.63. The Bertz CT molecular complexity index is 657. The molecule has 9 N–H and O–H groups in total. The molecule has 14 heteroatoms. The molecule has 3 unspecified atom stereocenters. The van der Waals surface area contributed by atoms with Crippen LogP contribution in [0.5, 0.6) is 0 Å². The maximum absolute atomic E-state index is 11.5. The van der Waals surface area contributed by atoms with Crippen molar-refractivity contribution in [2.75, 3.05) is 0 Å². The van der Waals surface area contributed by atoms with Gasteiger partial charge in [0.2, 0.25) is 17.7 Å². The van der Waals surface area contributed by atoms with Crippen LogP contribution in [0.15, 0.2) is 4.42 Å². The summed E-state index contributed by atoms with van der Waals surface area (Å²) in [6.07, 6.45) is -1.69.